The second-order valence-electron chi connectivity index (χ2n) is 2.52. The van der Waals surface area contributed by atoms with Gasteiger partial charge in [0.25, 0.3) is 0 Å². The van der Waals surface area contributed by atoms with E-state index in [0.717, 1.165) is 6.08 Å². The minimum absolute atomic E-state index is 0.372. The van der Waals surface area contributed by atoms with Crippen molar-refractivity contribution in [1.29, 1.82) is 0 Å². The van der Waals surface area contributed by atoms with E-state index in [2.05, 4.69) is 4.74 Å². The molecule has 1 rings (SSSR count). The molecular weight excluding hydrogens is 239 g/mol. The van der Waals surface area contributed by atoms with Crippen LogP contribution in [0.3, 0.4) is 0 Å². The molecule has 1 aromatic rings. The fourth-order valence-electron chi connectivity index (χ4n) is 0.802. The zero-order chi connectivity index (χ0) is 11.3. The van der Waals surface area contributed by atoms with E-state index in [1.165, 1.54) is 13.4 Å². The second kappa shape index (κ2) is 5.63. The van der Waals surface area contributed by atoms with Gasteiger partial charge in [0, 0.05) is 5.02 Å². The Bertz CT molecular complexity index is 388. The molecule has 0 aliphatic carbocycles. The maximum Gasteiger partial charge on any atom is 0.333 e. The molecule has 0 amide bonds. The maximum absolute atomic E-state index is 10.7. The molecule has 80 valence electrons. The number of carbonyl (C=O) groups is 1. The minimum Gasteiger partial charge on any atom is -0.466 e. The summed E-state index contributed by atoms with van der Waals surface area (Å²) in [7, 11) is 1.28. The number of hydrogen-bond acceptors (Lipinski definition) is 3. The lowest BCUT2D eigenvalue weighted by molar-refractivity contribution is -0.134. The lowest BCUT2D eigenvalue weighted by atomic mass is 10.3. The molecule has 0 unspecified atom stereocenters. The molecule has 0 bridgehead atoms. The summed E-state index contributed by atoms with van der Waals surface area (Å²) in [6.45, 7) is 0. The van der Waals surface area contributed by atoms with Crippen molar-refractivity contribution >= 4 is 29.2 Å². The molecule has 0 saturated heterocycles. The zero-order valence-electron chi connectivity index (χ0n) is 7.87. The first-order valence-corrected chi connectivity index (χ1v) is 4.75. The number of esters is 1. The highest BCUT2D eigenvalue weighted by molar-refractivity contribution is 6.35. The van der Waals surface area contributed by atoms with Gasteiger partial charge in [0.1, 0.15) is 5.75 Å². The van der Waals surface area contributed by atoms with Crippen LogP contribution < -0.4 is 4.74 Å². The van der Waals surface area contributed by atoms with E-state index < -0.39 is 5.97 Å². The van der Waals surface area contributed by atoms with Gasteiger partial charge < -0.3 is 9.47 Å². The van der Waals surface area contributed by atoms with Crippen molar-refractivity contribution in [2.24, 2.45) is 0 Å². The van der Waals surface area contributed by atoms with Crippen molar-refractivity contribution < 1.29 is 14.3 Å². The van der Waals surface area contributed by atoms with Gasteiger partial charge in [0.05, 0.1) is 24.5 Å². The standard InChI is InChI=1S/C10H8Cl2O3/c1-14-10(13)4-5-15-9-3-2-7(11)6-8(9)12/h2-6H,1H3/b5-4-. The SMILES string of the molecule is COC(=O)/C=C\Oc1ccc(Cl)cc1Cl. The Labute approximate surface area is 97.2 Å². The van der Waals surface area contributed by atoms with Crippen molar-refractivity contribution in [3.8, 4) is 5.75 Å². The molecule has 1 aromatic carbocycles. The third-order valence-corrected chi connectivity index (χ3v) is 2.02. The van der Waals surface area contributed by atoms with Crippen molar-refractivity contribution in [1.82, 2.24) is 0 Å². The summed E-state index contributed by atoms with van der Waals surface area (Å²) in [6, 6.07) is 4.78. The van der Waals surface area contributed by atoms with Gasteiger partial charge in [-0.3, -0.25) is 0 Å². The van der Waals surface area contributed by atoms with Gasteiger partial charge in [-0.15, -0.1) is 0 Å². The number of ether oxygens (including phenoxy) is 2. The van der Waals surface area contributed by atoms with Crippen molar-refractivity contribution in [3.05, 3.63) is 40.6 Å². The molecule has 0 aliphatic heterocycles. The zero-order valence-corrected chi connectivity index (χ0v) is 9.38. The summed E-state index contributed by atoms with van der Waals surface area (Å²) in [5.41, 5.74) is 0. The fourth-order valence-corrected chi connectivity index (χ4v) is 1.25. The van der Waals surface area contributed by atoms with Crippen LogP contribution in [0, 0.1) is 0 Å². The lowest BCUT2D eigenvalue weighted by Crippen LogP contribution is -1.95. The number of rotatable bonds is 3. The average Bonchev–Trinajstić information content (AvgIpc) is 2.21. The predicted octanol–water partition coefficient (Wildman–Crippen LogP) is 3.06. The molecule has 3 nitrogen and oxygen atoms in total. The normalized spacial score (nSPS) is 10.3. The third kappa shape index (κ3) is 3.81. The van der Waals surface area contributed by atoms with Crippen LogP contribution in [0.5, 0.6) is 5.75 Å². The maximum atomic E-state index is 10.7. The molecule has 5 heteroatoms. The first-order chi connectivity index (χ1) is 7.13. The molecule has 0 N–H and O–H groups in total. The summed E-state index contributed by atoms with van der Waals surface area (Å²) < 4.78 is 9.47. The summed E-state index contributed by atoms with van der Waals surface area (Å²) in [4.78, 5) is 10.7. The molecule has 0 radical (unpaired) electrons. The van der Waals surface area contributed by atoms with Gasteiger partial charge in [-0.25, -0.2) is 4.79 Å². The first kappa shape index (κ1) is 11.9. The Morgan fingerprint density at radius 2 is 2.13 bits per heavy atom. The van der Waals surface area contributed by atoms with Gasteiger partial charge in [-0.1, -0.05) is 23.2 Å². The first-order valence-electron chi connectivity index (χ1n) is 3.99. The summed E-state index contributed by atoms with van der Waals surface area (Å²) in [5.74, 6) is -0.0821. The van der Waals surface area contributed by atoms with Gasteiger partial charge in [-0.2, -0.15) is 0 Å². The topological polar surface area (TPSA) is 35.5 Å². The number of carbonyl (C=O) groups excluding carboxylic acids is 1. The Balaban J connectivity index is 2.65. The summed E-state index contributed by atoms with van der Waals surface area (Å²) in [6.07, 6.45) is 2.34. The average molecular weight is 247 g/mol. The monoisotopic (exact) mass is 246 g/mol. The Morgan fingerprint density at radius 1 is 1.40 bits per heavy atom. The van der Waals surface area contributed by atoms with Gasteiger partial charge in [0.2, 0.25) is 0 Å². The van der Waals surface area contributed by atoms with E-state index in [-0.39, 0.29) is 0 Å². The molecule has 0 saturated carbocycles. The second-order valence-corrected chi connectivity index (χ2v) is 3.36. The molecule has 0 atom stereocenters. The number of benzene rings is 1. The smallest absolute Gasteiger partial charge is 0.333 e. The molecule has 0 fully saturated rings. The lowest BCUT2D eigenvalue weighted by Gasteiger charge is -2.02. The predicted molar refractivity (Wildman–Crippen MR) is 58.2 cm³/mol. The van der Waals surface area contributed by atoms with Crippen molar-refractivity contribution in [2.45, 2.75) is 0 Å². The third-order valence-electron chi connectivity index (χ3n) is 1.49. The summed E-state index contributed by atoms with van der Waals surface area (Å²) >= 11 is 11.5. The number of halogens is 2. The Morgan fingerprint density at radius 3 is 2.73 bits per heavy atom. The highest BCUT2D eigenvalue weighted by Crippen LogP contribution is 2.27. The Hall–Kier alpha value is -1.19. The number of hydrogen-bond donors (Lipinski definition) is 0. The van der Waals surface area contributed by atoms with E-state index in [4.69, 9.17) is 27.9 Å². The van der Waals surface area contributed by atoms with Crippen molar-refractivity contribution in [2.75, 3.05) is 7.11 Å². The molecule has 0 aromatic heterocycles. The van der Waals surface area contributed by atoms with E-state index >= 15 is 0 Å². The largest absolute Gasteiger partial charge is 0.466 e. The number of methoxy groups -OCH3 is 1. The van der Waals surface area contributed by atoms with Crippen LogP contribution in [0.25, 0.3) is 0 Å². The molecule has 0 aliphatic rings. The van der Waals surface area contributed by atoms with Gasteiger partial charge >= 0.3 is 5.97 Å². The van der Waals surface area contributed by atoms with E-state index in [1.54, 1.807) is 18.2 Å². The molecular formula is C10H8Cl2O3. The van der Waals surface area contributed by atoms with Crippen LogP contribution >= 0.6 is 23.2 Å². The molecule has 15 heavy (non-hydrogen) atoms. The van der Waals surface area contributed by atoms with Crippen LogP contribution in [0.4, 0.5) is 0 Å². The fraction of sp³-hybridized carbons (Fsp3) is 0.100. The van der Waals surface area contributed by atoms with E-state index in [9.17, 15) is 4.79 Å². The van der Waals surface area contributed by atoms with Crippen molar-refractivity contribution in [3.63, 3.8) is 0 Å². The van der Waals surface area contributed by atoms with Crippen LogP contribution in [-0.4, -0.2) is 13.1 Å². The van der Waals surface area contributed by atoms with Crippen LogP contribution in [0.15, 0.2) is 30.5 Å². The van der Waals surface area contributed by atoms with Crippen LogP contribution in [0.2, 0.25) is 10.0 Å². The molecule has 0 heterocycles. The van der Waals surface area contributed by atoms with Gasteiger partial charge in [0.15, 0.2) is 0 Å². The van der Waals surface area contributed by atoms with Crippen LogP contribution in [-0.2, 0) is 9.53 Å². The quantitative estimate of drug-likeness (QED) is 0.467. The minimum atomic E-state index is -0.500. The highest BCUT2D eigenvalue weighted by Gasteiger charge is 2.00. The molecule has 0 spiro atoms. The highest BCUT2D eigenvalue weighted by atomic mass is 35.5. The van der Waals surface area contributed by atoms with E-state index in [1.807, 2.05) is 0 Å². The Kier molecular flexibility index (Phi) is 4.46. The van der Waals surface area contributed by atoms with E-state index in [0.29, 0.717) is 15.8 Å². The van der Waals surface area contributed by atoms with Gasteiger partial charge in [-0.05, 0) is 18.2 Å². The van der Waals surface area contributed by atoms with Crippen LogP contribution in [0.1, 0.15) is 0 Å². The summed E-state index contributed by atoms with van der Waals surface area (Å²) in [5, 5.41) is 0.890.